The van der Waals surface area contributed by atoms with Gasteiger partial charge in [-0.3, -0.25) is 9.69 Å². The summed E-state index contributed by atoms with van der Waals surface area (Å²) in [6.07, 6.45) is 6.60. The highest BCUT2D eigenvalue weighted by atomic mass is 16.6. The van der Waals surface area contributed by atoms with Crippen LogP contribution in [0.4, 0.5) is 4.79 Å². The summed E-state index contributed by atoms with van der Waals surface area (Å²) in [6, 6.07) is 0. The highest BCUT2D eigenvalue weighted by Gasteiger charge is 2.28. The summed E-state index contributed by atoms with van der Waals surface area (Å²) in [4.78, 5) is 29.8. The van der Waals surface area contributed by atoms with Gasteiger partial charge in [0.2, 0.25) is 5.91 Å². The van der Waals surface area contributed by atoms with Gasteiger partial charge < -0.3 is 14.5 Å². The van der Waals surface area contributed by atoms with E-state index in [2.05, 4.69) is 10.8 Å². The third kappa shape index (κ3) is 5.41. The molecule has 0 aliphatic carbocycles. The van der Waals surface area contributed by atoms with Gasteiger partial charge in [0.25, 0.3) is 0 Å². The Kier molecular flexibility index (Phi) is 6.11. The van der Waals surface area contributed by atoms with Crippen molar-refractivity contribution in [3.63, 3.8) is 0 Å². The molecule has 2 aliphatic rings. The maximum absolute atomic E-state index is 12.0. The van der Waals surface area contributed by atoms with Gasteiger partial charge in [0.05, 0.1) is 0 Å². The monoisotopic (exact) mass is 335 g/mol. The smallest absolute Gasteiger partial charge is 0.410 e. The number of likely N-dealkylation sites (tertiary alicyclic amines) is 1. The largest absolute Gasteiger partial charge is 0.444 e. The fraction of sp³-hybridized carbons (Fsp3) is 0.778. The van der Waals surface area contributed by atoms with E-state index < -0.39 is 5.60 Å². The van der Waals surface area contributed by atoms with E-state index in [1.54, 1.807) is 4.90 Å². The zero-order valence-corrected chi connectivity index (χ0v) is 15.1. The van der Waals surface area contributed by atoms with Gasteiger partial charge in [0.1, 0.15) is 5.60 Å². The van der Waals surface area contributed by atoms with Crippen LogP contribution >= 0.6 is 0 Å². The van der Waals surface area contributed by atoms with Crippen LogP contribution in [0, 0.1) is 18.3 Å². The Hall–Kier alpha value is -1.74. The average molecular weight is 335 g/mol. The standard InChI is InChI=1S/C18H29N3O3/c1-5-15-13-16(22)21(14-15)8-6-7-19-9-11-20(12-10-19)17(23)24-18(2,3)4/h1,15H,6-14H2,2-4H3. The van der Waals surface area contributed by atoms with Crippen LogP contribution in [0.5, 0.6) is 0 Å². The highest BCUT2D eigenvalue weighted by Crippen LogP contribution is 2.17. The average Bonchev–Trinajstić information content (AvgIpc) is 2.87. The summed E-state index contributed by atoms with van der Waals surface area (Å²) in [5.74, 6) is 2.93. The first-order valence-electron chi connectivity index (χ1n) is 8.72. The Labute approximate surface area is 145 Å². The van der Waals surface area contributed by atoms with Gasteiger partial charge in [-0.15, -0.1) is 12.3 Å². The fourth-order valence-corrected chi connectivity index (χ4v) is 3.07. The van der Waals surface area contributed by atoms with E-state index in [9.17, 15) is 9.59 Å². The first kappa shape index (κ1) is 18.6. The summed E-state index contributed by atoms with van der Waals surface area (Å²) in [5.41, 5.74) is -0.452. The Morgan fingerprint density at radius 3 is 2.46 bits per heavy atom. The Morgan fingerprint density at radius 1 is 1.25 bits per heavy atom. The molecule has 2 heterocycles. The number of rotatable bonds is 4. The predicted molar refractivity (Wildman–Crippen MR) is 92.4 cm³/mol. The van der Waals surface area contributed by atoms with E-state index >= 15 is 0 Å². The van der Waals surface area contributed by atoms with E-state index in [-0.39, 0.29) is 17.9 Å². The first-order chi connectivity index (χ1) is 11.3. The van der Waals surface area contributed by atoms with Gasteiger partial charge in [0.15, 0.2) is 0 Å². The van der Waals surface area contributed by atoms with Crippen molar-refractivity contribution >= 4 is 12.0 Å². The molecular weight excluding hydrogens is 306 g/mol. The third-order valence-electron chi connectivity index (χ3n) is 4.38. The van der Waals surface area contributed by atoms with E-state index in [1.807, 2.05) is 25.7 Å². The maximum Gasteiger partial charge on any atom is 0.410 e. The zero-order valence-electron chi connectivity index (χ0n) is 15.1. The maximum atomic E-state index is 12.0. The molecule has 24 heavy (non-hydrogen) atoms. The van der Waals surface area contributed by atoms with Gasteiger partial charge in [0, 0.05) is 51.6 Å². The number of piperazine rings is 1. The van der Waals surface area contributed by atoms with E-state index in [0.29, 0.717) is 26.1 Å². The topological polar surface area (TPSA) is 53.1 Å². The third-order valence-corrected chi connectivity index (χ3v) is 4.38. The number of carbonyl (C=O) groups is 2. The summed E-state index contributed by atoms with van der Waals surface area (Å²) < 4.78 is 5.40. The molecule has 0 spiro atoms. The van der Waals surface area contributed by atoms with Crippen LogP contribution in [-0.2, 0) is 9.53 Å². The number of hydrogen-bond donors (Lipinski definition) is 0. The van der Waals surface area contributed by atoms with Gasteiger partial charge in [-0.25, -0.2) is 4.79 Å². The zero-order chi connectivity index (χ0) is 17.7. The molecule has 0 radical (unpaired) electrons. The number of nitrogens with zero attached hydrogens (tertiary/aromatic N) is 3. The Bertz CT molecular complexity index is 499. The van der Waals surface area contributed by atoms with Crippen molar-refractivity contribution in [2.24, 2.45) is 5.92 Å². The number of hydrogen-bond acceptors (Lipinski definition) is 4. The molecule has 6 heteroatoms. The van der Waals surface area contributed by atoms with E-state index in [1.165, 1.54) is 0 Å². The molecule has 2 aliphatic heterocycles. The van der Waals surface area contributed by atoms with Crippen LogP contribution < -0.4 is 0 Å². The molecular formula is C18H29N3O3. The Balaban J connectivity index is 1.64. The second-order valence-electron chi connectivity index (χ2n) is 7.57. The summed E-state index contributed by atoms with van der Waals surface area (Å²) >= 11 is 0. The molecule has 6 nitrogen and oxygen atoms in total. The lowest BCUT2D eigenvalue weighted by atomic mass is 10.1. The number of terminal acetylenes is 1. The second kappa shape index (κ2) is 7.89. The van der Waals surface area contributed by atoms with Crippen LogP contribution in [0.2, 0.25) is 0 Å². The van der Waals surface area contributed by atoms with Crippen LogP contribution in [-0.4, -0.2) is 78.1 Å². The van der Waals surface area contributed by atoms with E-state index in [0.717, 1.165) is 32.6 Å². The molecule has 2 amide bonds. The second-order valence-corrected chi connectivity index (χ2v) is 7.57. The lowest BCUT2D eigenvalue weighted by Crippen LogP contribution is -2.50. The van der Waals surface area contributed by atoms with Crippen molar-refractivity contribution < 1.29 is 14.3 Å². The highest BCUT2D eigenvalue weighted by molar-refractivity contribution is 5.79. The van der Waals surface area contributed by atoms with Crippen molar-refractivity contribution in [1.29, 1.82) is 0 Å². The normalized spacial score (nSPS) is 22.6. The number of amides is 2. The van der Waals surface area contributed by atoms with Crippen LogP contribution in [0.15, 0.2) is 0 Å². The van der Waals surface area contributed by atoms with Gasteiger partial charge >= 0.3 is 6.09 Å². The van der Waals surface area contributed by atoms with Crippen molar-refractivity contribution in [2.45, 2.75) is 39.2 Å². The van der Waals surface area contributed by atoms with Crippen molar-refractivity contribution in [3.8, 4) is 12.3 Å². The quantitative estimate of drug-likeness (QED) is 0.729. The molecule has 2 saturated heterocycles. The minimum absolute atomic E-state index is 0.0786. The molecule has 2 rings (SSSR count). The minimum Gasteiger partial charge on any atom is -0.444 e. The lowest BCUT2D eigenvalue weighted by Gasteiger charge is -2.35. The van der Waals surface area contributed by atoms with Gasteiger partial charge in [-0.1, -0.05) is 0 Å². The molecule has 0 saturated carbocycles. The van der Waals surface area contributed by atoms with Crippen molar-refractivity contribution in [2.75, 3.05) is 45.8 Å². The molecule has 0 aromatic heterocycles. The molecule has 134 valence electrons. The molecule has 2 fully saturated rings. The summed E-state index contributed by atoms with van der Waals surface area (Å²) in [7, 11) is 0. The van der Waals surface area contributed by atoms with Crippen molar-refractivity contribution in [1.82, 2.24) is 14.7 Å². The number of ether oxygens (including phenoxy) is 1. The fourth-order valence-electron chi connectivity index (χ4n) is 3.07. The number of carbonyl (C=O) groups excluding carboxylic acids is 2. The SMILES string of the molecule is C#CC1CC(=O)N(CCCN2CCN(C(=O)OC(C)(C)C)CC2)C1. The Morgan fingerprint density at radius 2 is 1.92 bits per heavy atom. The van der Waals surface area contributed by atoms with Gasteiger partial charge in [-0.2, -0.15) is 0 Å². The molecule has 1 unspecified atom stereocenters. The molecule has 0 aromatic rings. The molecule has 0 aromatic carbocycles. The molecule has 0 bridgehead atoms. The molecule has 1 atom stereocenters. The minimum atomic E-state index is -0.452. The van der Waals surface area contributed by atoms with Crippen LogP contribution in [0.3, 0.4) is 0 Å². The van der Waals surface area contributed by atoms with E-state index in [4.69, 9.17) is 11.2 Å². The predicted octanol–water partition coefficient (Wildman–Crippen LogP) is 1.41. The lowest BCUT2D eigenvalue weighted by molar-refractivity contribution is -0.127. The van der Waals surface area contributed by atoms with Crippen LogP contribution in [0.1, 0.15) is 33.6 Å². The first-order valence-corrected chi connectivity index (χ1v) is 8.72. The van der Waals surface area contributed by atoms with Gasteiger partial charge in [-0.05, 0) is 33.7 Å². The molecule has 0 N–H and O–H groups in total. The van der Waals surface area contributed by atoms with Crippen molar-refractivity contribution in [3.05, 3.63) is 0 Å². The summed E-state index contributed by atoms with van der Waals surface area (Å²) in [5, 5.41) is 0. The summed E-state index contributed by atoms with van der Waals surface area (Å²) in [6.45, 7) is 11.1. The van der Waals surface area contributed by atoms with Crippen LogP contribution in [0.25, 0.3) is 0 Å².